The summed E-state index contributed by atoms with van der Waals surface area (Å²) in [5.74, 6) is 0.691. The van der Waals surface area contributed by atoms with Crippen molar-refractivity contribution in [2.75, 3.05) is 0 Å². The van der Waals surface area contributed by atoms with Crippen LogP contribution in [0.4, 0.5) is 0 Å². The van der Waals surface area contributed by atoms with Gasteiger partial charge in [-0.3, -0.25) is 0 Å². The van der Waals surface area contributed by atoms with E-state index in [0.29, 0.717) is 5.92 Å². The number of hydrogen-bond acceptors (Lipinski definition) is 1. The van der Waals surface area contributed by atoms with Crippen LogP contribution in [0.3, 0.4) is 0 Å². The molecule has 2 rings (SSSR count). The van der Waals surface area contributed by atoms with Crippen molar-refractivity contribution >= 4 is 0 Å². The quantitative estimate of drug-likeness (QED) is 0.729. The zero-order chi connectivity index (χ0) is 10.5. The van der Waals surface area contributed by atoms with Crippen LogP contribution >= 0.6 is 0 Å². The maximum Gasteiger partial charge on any atom is 0.0684 e. The number of rotatable bonds is 2. The minimum atomic E-state index is 0.187. The Hall–Kier alpha value is -0.820. The fourth-order valence-electron chi connectivity index (χ4n) is 2.67. The zero-order valence-electron chi connectivity index (χ0n) is 9.28. The third-order valence-corrected chi connectivity index (χ3v) is 3.52. The van der Waals surface area contributed by atoms with Gasteiger partial charge in [0.25, 0.3) is 0 Å². The first-order valence-electron chi connectivity index (χ1n) is 6.10. The van der Waals surface area contributed by atoms with Gasteiger partial charge < -0.3 is 5.11 Å². The fourth-order valence-corrected chi connectivity index (χ4v) is 2.67. The third-order valence-electron chi connectivity index (χ3n) is 3.52. The van der Waals surface area contributed by atoms with Gasteiger partial charge >= 0.3 is 0 Å². The van der Waals surface area contributed by atoms with Crippen LogP contribution in [-0.4, -0.2) is 5.11 Å². The van der Waals surface area contributed by atoms with Gasteiger partial charge in [0, 0.05) is 0 Å². The Kier molecular flexibility index (Phi) is 3.79. The van der Waals surface area contributed by atoms with Gasteiger partial charge in [-0.1, -0.05) is 49.9 Å². The van der Waals surface area contributed by atoms with Crippen LogP contribution in [0.1, 0.15) is 55.6 Å². The topological polar surface area (TPSA) is 20.2 Å². The predicted molar refractivity (Wildman–Crippen MR) is 62.8 cm³/mol. The standard InChI is InChI=1S/C14H20O/c15-11-13-9-5-6-10-14(13)12-7-3-1-2-4-8-12/h5-6,9-10,12,15H,1-4,7-8,11H2. The molecule has 15 heavy (non-hydrogen) atoms. The second-order valence-electron chi connectivity index (χ2n) is 4.55. The molecule has 0 unspecified atom stereocenters. The molecule has 0 amide bonds. The summed E-state index contributed by atoms with van der Waals surface area (Å²) < 4.78 is 0. The molecule has 1 heteroatoms. The molecule has 0 bridgehead atoms. The van der Waals surface area contributed by atoms with Gasteiger partial charge in [-0.05, 0) is 29.9 Å². The van der Waals surface area contributed by atoms with Crippen molar-refractivity contribution in [1.82, 2.24) is 0 Å². The molecule has 82 valence electrons. The van der Waals surface area contributed by atoms with Crippen LogP contribution in [0.2, 0.25) is 0 Å². The average Bonchev–Trinajstić information content (AvgIpc) is 2.57. The average molecular weight is 204 g/mol. The van der Waals surface area contributed by atoms with Crippen LogP contribution in [0.15, 0.2) is 24.3 Å². The van der Waals surface area contributed by atoms with Crippen molar-refractivity contribution in [3.05, 3.63) is 35.4 Å². The molecule has 0 heterocycles. The summed E-state index contributed by atoms with van der Waals surface area (Å²) in [5.41, 5.74) is 2.52. The molecule has 0 aromatic heterocycles. The molecule has 1 N–H and O–H groups in total. The molecule has 0 spiro atoms. The summed E-state index contributed by atoms with van der Waals surface area (Å²) in [5, 5.41) is 9.32. The van der Waals surface area contributed by atoms with Crippen LogP contribution < -0.4 is 0 Å². The van der Waals surface area contributed by atoms with E-state index in [0.717, 1.165) is 5.56 Å². The Morgan fingerprint density at radius 1 is 1.00 bits per heavy atom. The first kappa shape index (κ1) is 10.7. The minimum absolute atomic E-state index is 0.187. The normalized spacial score (nSPS) is 18.7. The van der Waals surface area contributed by atoms with Crippen molar-refractivity contribution in [3.63, 3.8) is 0 Å². The summed E-state index contributed by atoms with van der Waals surface area (Å²) >= 11 is 0. The molecule has 0 radical (unpaired) electrons. The van der Waals surface area contributed by atoms with Crippen molar-refractivity contribution < 1.29 is 5.11 Å². The molecule has 1 aromatic carbocycles. The van der Waals surface area contributed by atoms with E-state index in [1.165, 1.54) is 44.1 Å². The lowest BCUT2D eigenvalue weighted by molar-refractivity contribution is 0.279. The molecule has 1 saturated carbocycles. The predicted octanol–water partition coefficient (Wildman–Crippen LogP) is 3.62. The summed E-state index contributed by atoms with van der Waals surface area (Å²) in [6.45, 7) is 0.187. The maximum absolute atomic E-state index is 9.32. The van der Waals surface area contributed by atoms with E-state index >= 15 is 0 Å². The van der Waals surface area contributed by atoms with E-state index in [1.807, 2.05) is 6.07 Å². The SMILES string of the molecule is OCc1ccccc1C1CCCCCC1. The Balaban J connectivity index is 2.18. The number of hydrogen-bond donors (Lipinski definition) is 1. The Morgan fingerprint density at radius 2 is 1.67 bits per heavy atom. The van der Waals surface area contributed by atoms with Gasteiger partial charge in [-0.2, -0.15) is 0 Å². The second-order valence-corrected chi connectivity index (χ2v) is 4.55. The van der Waals surface area contributed by atoms with E-state index in [2.05, 4.69) is 18.2 Å². The Labute approximate surface area is 92.1 Å². The molecule has 1 aromatic rings. The van der Waals surface area contributed by atoms with Gasteiger partial charge in [-0.15, -0.1) is 0 Å². The van der Waals surface area contributed by atoms with Gasteiger partial charge in [0.05, 0.1) is 6.61 Å². The first-order chi connectivity index (χ1) is 7.42. The number of aliphatic hydroxyl groups excluding tert-OH is 1. The summed E-state index contributed by atoms with van der Waals surface area (Å²) in [4.78, 5) is 0. The highest BCUT2D eigenvalue weighted by atomic mass is 16.3. The number of aliphatic hydroxyl groups is 1. The van der Waals surface area contributed by atoms with Crippen molar-refractivity contribution in [1.29, 1.82) is 0 Å². The smallest absolute Gasteiger partial charge is 0.0684 e. The van der Waals surface area contributed by atoms with E-state index in [1.54, 1.807) is 0 Å². The van der Waals surface area contributed by atoms with E-state index < -0.39 is 0 Å². The van der Waals surface area contributed by atoms with Gasteiger partial charge in [0.2, 0.25) is 0 Å². The van der Waals surface area contributed by atoms with Crippen LogP contribution in [0.25, 0.3) is 0 Å². The number of benzene rings is 1. The lowest BCUT2D eigenvalue weighted by Gasteiger charge is -2.17. The van der Waals surface area contributed by atoms with Crippen LogP contribution in [-0.2, 0) is 6.61 Å². The van der Waals surface area contributed by atoms with E-state index in [4.69, 9.17) is 0 Å². The monoisotopic (exact) mass is 204 g/mol. The molecule has 0 atom stereocenters. The summed E-state index contributed by atoms with van der Waals surface area (Å²) in [6, 6.07) is 8.37. The van der Waals surface area contributed by atoms with E-state index in [-0.39, 0.29) is 6.61 Å². The molecule has 0 aliphatic heterocycles. The molecular formula is C14H20O. The zero-order valence-corrected chi connectivity index (χ0v) is 9.28. The van der Waals surface area contributed by atoms with Gasteiger partial charge in [0.1, 0.15) is 0 Å². The Morgan fingerprint density at radius 3 is 2.33 bits per heavy atom. The first-order valence-corrected chi connectivity index (χ1v) is 6.10. The maximum atomic E-state index is 9.32. The van der Waals surface area contributed by atoms with Gasteiger partial charge in [0.15, 0.2) is 0 Å². The highest BCUT2D eigenvalue weighted by molar-refractivity contribution is 5.29. The van der Waals surface area contributed by atoms with Gasteiger partial charge in [-0.25, -0.2) is 0 Å². The van der Waals surface area contributed by atoms with E-state index in [9.17, 15) is 5.11 Å². The summed E-state index contributed by atoms with van der Waals surface area (Å²) in [6.07, 6.45) is 8.08. The second kappa shape index (κ2) is 5.32. The highest BCUT2D eigenvalue weighted by Gasteiger charge is 2.16. The lowest BCUT2D eigenvalue weighted by Crippen LogP contribution is -2.01. The van der Waals surface area contributed by atoms with Crippen LogP contribution in [0.5, 0.6) is 0 Å². The fraction of sp³-hybridized carbons (Fsp3) is 0.571. The third kappa shape index (κ3) is 2.60. The lowest BCUT2D eigenvalue weighted by atomic mass is 9.88. The molecule has 0 saturated heterocycles. The molecule has 1 aliphatic carbocycles. The molecule has 1 aliphatic rings. The highest BCUT2D eigenvalue weighted by Crippen LogP contribution is 2.33. The Bertz CT molecular complexity index is 298. The largest absolute Gasteiger partial charge is 0.392 e. The van der Waals surface area contributed by atoms with Crippen molar-refractivity contribution in [3.8, 4) is 0 Å². The molecular weight excluding hydrogens is 184 g/mol. The minimum Gasteiger partial charge on any atom is -0.392 e. The molecule has 1 fully saturated rings. The van der Waals surface area contributed by atoms with Crippen LogP contribution in [0, 0.1) is 0 Å². The molecule has 1 nitrogen and oxygen atoms in total. The summed E-state index contributed by atoms with van der Waals surface area (Å²) in [7, 11) is 0. The van der Waals surface area contributed by atoms with Crippen molar-refractivity contribution in [2.45, 2.75) is 51.0 Å². The van der Waals surface area contributed by atoms with Crippen molar-refractivity contribution in [2.24, 2.45) is 0 Å².